The summed E-state index contributed by atoms with van der Waals surface area (Å²) < 4.78 is 60.0. The number of carbonyl (C=O) groups is 1. The summed E-state index contributed by atoms with van der Waals surface area (Å²) in [5.74, 6) is -1.87. The van der Waals surface area contributed by atoms with Crippen molar-refractivity contribution in [2.24, 2.45) is 0 Å². The van der Waals surface area contributed by atoms with Crippen molar-refractivity contribution in [2.75, 3.05) is 11.5 Å². The van der Waals surface area contributed by atoms with E-state index in [9.17, 15) is 21.6 Å². The first-order chi connectivity index (χ1) is 14.2. The van der Waals surface area contributed by atoms with Gasteiger partial charge in [0.15, 0.2) is 9.84 Å². The molecule has 1 aliphatic heterocycles. The number of esters is 1. The second kappa shape index (κ2) is 14.4. The first-order valence-corrected chi connectivity index (χ1v) is 14.8. The van der Waals surface area contributed by atoms with Crippen molar-refractivity contribution in [3.63, 3.8) is 0 Å². The van der Waals surface area contributed by atoms with E-state index in [2.05, 4.69) is 6.92 Å². The van der Waals surface area contributed by atoms with Gasteiger partial charge in [0.2, 0.25) is 0 Å². The summed E-state index contributed by atoms with van der Waals surface area (Å²) in [4.78, 5) is 11.9. The van der Waals surface area contributed by atoms with Gasteiger partial charge in [-0.2, -0.15) is 8.42 Å². The molecule has 0 aromatic carbocycles. The van der Waals surface area contributed by atoms with Gasteiger partial charge in [0.1, 0.15) is 11.4 Å². The van der Waals surface area contributed by atoms with Crippen LogP contribution in [0.25, 0.3) is 0 Å². The third-order valence-corrected chi connectivity index (χ3v) is 8.80. The normalized spacial score (nSPS) is 21.0. The SMILES string of the molecule is CCCCCCCCCCCCCCCCC(=O)OC1CS(=O)(=O)CC1S(=O)(=O)O. The molecule has 1 fully saturated rings. The van der Waals surface area contributed by atoms with E-state index in [0.29, 0.717) is 6.42 Å². The summed E-state index contributed by atoms with van der Waals surface area (Å²) in [6.45, 7) is 2.23. The lowest BCUT2D eigenvalue weighted by Crippen LogP contribution is -2.36. The Balaban J connectivity index is 2.02. The Hall–Kier alpha value is -0.670. The summed E-state index contributed by atoms with van der Waals surface area (Å²) in [6.07, 6.45) is 15.6. The molecule has 1 rings (SSSR count). The zero-order valence-corrected chi connectivity index (χ0v) is 20.0. The van der Waals surface area contributed by atoms with Gasteiger partial charge in [-0.05, 0) is 6.42 Å². The molecule has 0 spiro atoms. The molecule has 0 aromatic heterocycles. The van der Waals surface area contributed by atoms with Crippen LogP contribution in [0.5, 0.6) is 0 Å². The molecule has 0 saturated carbocycles. The van der Waals surface area contributed by atoms with Crippen LogP contribution in [0, 0.1) is 0 Å². The molecule has 0 aliphatic carbocycles. The third kappa shape index (κ3) is 12.2. The topological polar surface area (TPSA) is 115 Å². The summed E-state index contributed by atoms with van der Waals surface area (Å²) in [7, 11) is -8.21. The minimum Gasteiger partial charge on any atom is -0.460 e. The average molecular weight is 469 g/mol. The molecule has 7 nitrogen and oxygen atoms in total. The lowest BCUT2D eigenvalue weighted by atomic mass is 10.0. The van der Waals surface area contributed by atoms with Gasteiger partial charge in [0.05, 0.1) is 11.5 Å². The highest BCUT2D eigenvalue weighted by Gasteiger charge is 2.47. The van der Waals surface area contributed by atoms with Crippen LogP contribution < -0.4 is 0 Å². The molecule has 1 aliphatic rings. The predicted octanol–water partition coefficient (Wildman–Crippen LogP) is 4.45. The van der Waals surface area contributed by atoms with E-state index >= 15 is 0 Å². The van der Waals surface area contributed by atoms with Gasteiger partial charge in [-0.15, -0.1) is 0 Å². The molecular formula is C21H40O7S2. The molecule has 1 heterocycles. The monoisotopic (exact) mass is 468 g/mol. The van der Waals surface area contributed by atoms with Crippen LogP contribution in [0.4, 0.5) is 0 Å². The fourth-order valence-corrected chi connectivity index (χ4v) is 7.48. The summed E-state index contributed by atoms with van der Waals surface area (Å²) >= 11 is 0. The van der Waals surface area contributed by atoms with E-state index in [-0.39, 0.29) is 6.42 Å². The maximum Gasteiger partial charge on any atom is 0.306 e. The van der Waals surface area contributed by atoms with Gasteiger partial charge in [-0.3, -0.25) is 9.35 Å². The highest BCUT2D eigenvalue weighted by molar-refractivity contribution is 7.94. The van der Waals surface area contributed by atoms with E-state index in [1.807, 2.05) is 0 Å². The van der Waals surface area contributed by atoms with Crippen molar-refractivity contribution in [3.8, 4) is 0 Å². The lowest BCUT2D eigenvalue weighted by molar-refractivity contribution is -0.147. The highest BCUT2D eigenvalue weighted by atomic mass is 32.2. The third-order valence-electron chi connectivity index (χ3n) is 5.65. The molecule has 1 N–H and O–H groups in total. The fourth-order valence-electron chi connectivity index (χ4n) is 3.86. The Bertz CT molecular complexity index is 686. The van der Waals surface area contributed by atoms with Crippen molar-refractivity contribution in [1.82, 2.24) is 0 Å². The Morgan fingerprint density at radius 3 is 1.70 bits per heavy atom. The van der Waals surface area contributed by atoms with Gasteiger partial charge >= 0.3 is 5.97 Å². The molecule has 9 heteroatoms. The number of ether oxygens (including phenoxy) is 1. The second-order valence-corrected chi connectivity index (χ2v) is 12.3. The summed E-state index contributed by atoms with van der Waals surface area (Å²) in [5, 5.41) is -1.58. The average Bonchev–Trinajstić information content (AvgIpc) is 2.96. The molecule has 2 unspecified atom stereocenters. The predicted molar refractivity (Wildman–Crippen MR) is 119 cm³/mol. The van der Waals surface area contributed by atoms with Crippen molar-refractivity contribution in [2.45, 2.75) is 115 Å². The van der Waals surface area contributed by atoms with E-state index in [4.69, 9.17) is 9.29 Å². The maximum atomic E-state index is 11.9. The number of carbonyl (C=O) groups excluding carboxylic acids is 1. The molecule has 0 aromatic rings. The van der Waals surface area contributed by atoms with Crippen molar-refractivity contribution in [1.29, 1.82) is 0 Å². The van der Waals surface area contributed by atoms with Crippen LogP contribution in [0.3, 0.4) is 0 Å². The second-order valence-electron chi connectivity index (χ2n) is 8.50. The van der Waals surface area contributed by atoms with Gasteiger partial charge in [-0.25, -0.2) is 8.42 Å². The molecule has 2 atom stereocenters. The van der Waals surface area contributed by atoms with E-state index < -0.39 is 48.8 Å². The largest absolute Gasteiger partial charge is 0.460 e. The molecule has 0 radical (unpaired) electrons. The van der Waals surface area contributed by atoms with Crippen LogP contribution >= 0.6 is 0 Å². The molecule has 1 saturated heterocycles. The fraction of sp³-hybridized carbons (Fsp3) is 0.952. The molecule has 30 heavy (non-hydrogen) atoms. The number of rotatable bonds is 17. The lowest BCUT2D eigenvalue weighted by Gasteiger charge is -2.16. The van der Waals surface area contributed by atoms with E-state index in [1.165, 1.54) is 64.2 Å². The maximum absolute atomic E-state index is 11.9. The van der Waals surface area contributed by atoms with Crippen molar-refractivity contribution >= 4 is 25.9 Å². The smallest absolute Gasteiger partial charge is 0.306 e. The molecule has 178 valence electrons. The molecule has 0 bridgehead atoms. The first kappa shape index (κ1) is 27.4. The van der Waals surface area contributed by atoms with Crippen LogP contribution in [0.1, 0.15) is 103 Å². The van der Waals surface area contributed by atoms with Crippen LogP contribution in [-0.2, 0) is 29.5 Å². The number of sulfone groups is 1. The minimum atomic E-state index is -4.57. The van der Waals surface area contributed by atoms with Crippen LogP contribution in [0.15, 0.2) is 0 Å². The van der Waals surface area contributed by atoms with Gasteiger partial charge in [-0.1, -0.05) is 90.4 Å². The summed E-state index contributed by atoms with van der Waals surface area (Å²) in [6, 6.07) is 0. The highest BCUT2D eigenvalue weighted by Crippen LogP contribution is 2.23. The quantitative estimate of drug-likeness (QED) is 0.190. The summed E-state index contributed by atoms with van der Waals surface area (Å²) in [5.41, 5.74) is 0. The Morgan fingerprint density at radius 2 is 1.27 bits per heavy atom. The molecular weight excluding hydrogens is 428 g/mol. The Labute approximate surface area is 183 Å². The zero-order chi connectivity index (χ0) is 22.5. The Morgan fingerprint density at radius 1 is 0.833 bits per heavy atom. The van der Waals surface area contributed by atoms with Gasteiger partial charge < -0.3 is 4.74 Å². The first-order valence-electron chi connectivity index (χ1n) is 11.5. The van der Waals surface area contributed by atoms with Crippen molar-refractivity contribution in [3.05, 3.63) is 0 Å². The van der Waals surface area contributed by atoms with Crippen LogP contribution in [-0.4, -0.2) is 50.2 Å². The van der Waals surface area contributed by atoms with Crippen LogP contribution in [0.2, 0.25) is 0 Å². The Kier molecular flexibility index (Phi) is 13.1. The molecule has 0 amide bonds. The number of hydrogen-bond acceptors (Lipinski definition) is 6. The minimum absolute atomic E-state index is 0.132. The standard InChI is InChI=1S/C21H40O7S2/c1-2-3-4-5-6-7-8-9-10-11-12-13-14-15-16-21(22)28-19-17-29(23,24)18-20(19)30(25,26)27/h19-20H,2-18H2,1H3,(H,25,26,27). The van der Waals surface area contributed by atoms with E-state index in [0.717, 1.165) is 19.3 Å². The van der Waals surface area contributed by atoms with Gasteiger partial charge in [0.25, 0.3) is 10.1 Å². The van der Waals surface area contributed by atoms with E-state index in [1.54, 1.807) is 0 Å². The van der Waals surface area contributed by atoms with Crippen molar-refractivity contribution < 1.29 is 30.9 Å². The zero-order valence-electron chi connectivity index (χ0n) is 18.4. The number of unbranched alkanes of at least 4 members (excludes halogenated alkanes) is 13. The number of hydrogen-bond donors (Lipinski definition) is 1. The van der Waals surface area contributed by atoms with Gasteiger partial charge in [0, 0.05) is 6.42 Å².